The molecule has 0 aliphatic carbocycles. The standard InChI is InChI=1S/C19H25N3OS/c1-12-5-6-14(13(2)9-12)17-21-15(10-24-17)18(23)22-8-7-16(20)19(3,4)11-22/h5-6,9-10,16H,7-8,11,20H2,1-4H3. The van der Waals surface area contributed by atoms with Crippen LogP contribution >= 0.6 is 11.3 Å². The lowest BCUT2D eigenvalue weighted by atomic mass is 9.79. The quantitative estimate of drug-likeness (QED) is 0.906. The third kappa shape index (κ3) is 3.23. The normalized spacial score (nSPS) is 20.2. The number of piperidine rings is 1. The van der Waals surface area contributed by atoms with Crippen LogP contribution in [0.2, 0.25) is 0 Å². The van der Waals surface area contributed by atoms with Gasteiger partial charge in [-0.15, -0.1) is 11.3 Å². The zero-order chi connectivity index (χ0) is 17.5. The lowest BCUT2D eigenvalue weighted by Crippen LogP contribution is -2.54. The number of amides is 1. The van der Waals surface area contributed by atoms with E-state index in [0.29, 0.717) is 18.8 Å². The smallest absolute Gasteiger partial charge is 0.273 e. The van der Waals surface area contributed by atoms with E-state index in [1.165, 1.54) is 22.5 Å². The molecule has 1 unspecified atom stereocenters. The SMILES string of the molecule is Cc1ccc(-c2nc(C(=O)N3CCC(N)C(C)(C)C3)cs2)c(C)c1. The molecule has 2 aromatic rings. The average molecular weight is 343 g/mol. The molecular weight excluding hydrogens is 318 g/mol. The molecule has 1 aliphatic rings. The van der Waals surface area contributed by atoms with Gasteiger partial charge in [-0.2, -0.15) is 0 Å². The minimum Gasteiger partial charge on any atom is -0.337 e. The van der Waals surface area contributed by atoms with Gasteiger partial charge in [0.05, 0.1) is 0 Å². The van der Waals surface area contributed by atoms with Crippen LogP contribution in [0.3, 0.4) is 0 Å². The van der Waals surface area contributed by atoms with Crippen molar-refractivity contribution >= 4 is 17.2 Å². The summed E-state index contributed by atoms with van der Waals surface area (Å²) in [6, 6.07) is 6.45. The van der Waals surface area contributed by atoms with Crippen molar-refractivity contribution in [1.29, 1.82) is 0 Å². The Morgan fingerprint density at radius 3 is 2.79 bits per heavy atom. The van der Waals surface area contributed by atoms with Crippen molar-refractivity contribution in [3.8, 4) is 10.6 Å². The van der Waals surface area contributed by atoms with Gasteiger partial charge >= 0.3 is 0 Å². The first-order valence-electron chi connectivity index (χ1n) is 8.36. The first-order valence-corrected chi connectivity index (χ1v) is 9.24. The second-order valence-corrected chi connectivity index (χ2v) is 8.32. The van der Waals surface area contributed by atoms with Gasteiger partial charge in [-0.25, -0.2) is 4.98 Å². The monoisotopic (exact) mass is 343 g/mol. The lowest BCUT2D eigenvalue weighted by Gasteiger charge is -2.42. The summed E-state index contributed by atoms with van der Waals surface area (Å²) in [4.78, 5) is 19.3. The van der Waals surface area contributed by atoms with Gasteiger partial charge in [0.15, 0.2) is 0 Å². The summed E-state index contributed by atoms with van der Waals surface area (Å²) in [5, 5.41) is 2.78. The van der Waals surface area contributed by atoms with Crippen LogP contribution in [0.5, 0.6) is 0 Å². The van der Waals surface area contributed by atoms with E-state index >= 15 is 0 Å². The molecule has 4 nitrogen and oxygen atoms in total. The maximum Gasteiger partial charge on any atom is 0.273 e. The molecule has 0 spiro atoms. The van der Waals surface area contributed by atoms with Crippen LogP contribution in [0.15, 0.2) is 23.6 Å². The Balaban J connectivity index is 1.81. The van der Waals surface area contributed by atoms with Crippen LogP contribution < -0.4 is 5.73 Å². The van der Waals surface area contributed by atoms with Gasteiger partial charge in [0, 0.05) is 30.1 Å². The molecule has 1 amide bonds. The number of hydrogen-bond donors (Lipinski definition) is 1. The summed E-state index contributed by atoms with van der Waals surface area (Å²) in [6.07, 6.45) is 0.840. The van der Waals surface area contributed by atoms with Crippen molar-refractivity contribution in [1.82, 2.24) is 9.88 Å². The van der Waals surface area contributed by atoms with Crippen molar-refractivity contribution in [2.75, 3.05) is 13.1 Å². The minimum absolute atomic E-state index is 0.0160. The van der Waals surface area contributed by atoms with E-state index in [1.807, 2.05) is 10.3 Å². The van der Waals surface area contributed by atoms with Gasteiger partial charge in [0.25, 0.3) is 5.91 Å². The van der Waals surface area contributed by atoms with Crippen molar-refractivity contribution < 1.29 is 4.79 Å². The maximum atomic E-state index is 12.8. The van der Waals surface area contributed by atoms with Crippen molar-refractivity contribution in [2.24, 2.45) is 11.1 Å². The van der Waals surface area contributed by atoms with Gasteiger partial charge in [-0.3, -0.25) is 4.79 Å². The highest BCUT2D eigenvalue weighted by Gasteiger charge is 2.36. The first-order chi connectivity index (χ1) is 11.3. The molecule has 0 bridgehead atoms. The Bertz CT molecular complexity index is 766. The lowest BCUT2D eigenvalue weighted by molar-refractivity contribution is 0.0528. The maximum absolute atomic E-state index is 12.8. The van der Waals surface area contributed by atoms with Gasteiger partial charge in [0.2, 0.25) is 0 Å². The van der Waals surface area contributed by atoms with Crippen LogP contribution in [0.1, 0.15) is 41.9 Å². The Morgan fingerprint density at radius 2 is 2.12 bits per heavy atom. The molecule has 1 aromatic heterocycles. The third-order valence-corrected chi connectivity index (χ3v) is 5.81. The van der Waals surface area contributed by atoms with E-state index in [0.717, 1.165) is 17.0 Å². The molecule has 128 valence electrons. The number of rotatable bonds is 2. The number of carbonyl (C=O) groups excluding carboxylic acids is 1. The van der Waals surface area contributed by atoms with Crippen LogP contribution in [0.25, 0.3) is 10.6 Å². The highest BCUT2D eigenvalue weighted by Crippen LogP contribution is 2.31. The van der Waals surface area contributed by atoms with Gasteiger partial charge in [0.1, 0.15) is 10.7 Å². The largest absolute Gasteiger partial charge is 0.337 e. The number of nitrogens with two attached hydrogens (primary N) is 1. The molecule has 1 fully saturated rings. The molecule has 3 rings (SSSR count). The van der Waals surface area contributed by atoms with E-state index in [-0.39, 0.29) is 17.4 Å². The summed E-state index contributed by atoms with van der Waals surface area (Å²) < 4.78 is 0. The Hall–Kier alpha value is -1.72. The molecule has 1 atom stereocenters. The highest BCUT2D eigenvalue weighted by molar-refractivity contribution is 7.13. The average Bonchev–Trinajstić information content (AvgIpc) is 2.98. The van der Waals surface area contributed by atoms with Crippen molar-refractivity contribution in [3.05, 3.63) is 40.4 Å². The fourth-order valence-corrected chi connectivity index (χ4v) is 4.14. The van der Waals surface area contributed by atoms with E-state index in [1.54, 1.807) is 0 Å². The van der Waals surface area contributed by atoms with E-state index in [2.05, 4.69) is 50.9 Å². The predicted octanol–water partition coefficient (Wildman–Crippen LogP) is 3.63. The Morgan fingerprint density at radius 1 is 1.38 bits per heavy atom. The summed E-state index contributed by atoms with van der Waals surface area (Å²) in [7, 11) is 0. The third-order valence-electron chi connectivity index (χ3n) is 4.93. The van der Waals surface area contributed by atoms with Crippen LogP contribution in [0.4, 0.5) is 0 Å². The van der Waals surface area contributed by atoms with Gasteiger partial charge in [-0.1, -0.05) is 37.6 Å². The molecule has 2 heterocycles. The number of likely N-dealkylation sites (tertiary alicyclic amines) is 1. The Labute approximate surface area is 147 Å². The number of aryl methyl sites for hydroxylation is 2. The number of thiazole rings is 1. The number of carbonyl (C=O) groups is 1. The molecule has 1 aliphatic heterocycles. The van der Waals surface area contributed by atoms with Crippen molar-refractivity contribution in [3.63, 3.8) is 0 Å². The van der Waals surface area contributed by atoms with Gasteiger partial charge < -0.3 is 10.6 Å². The summed E-state index contributed by atoms with van der Waals surface area (Å²) in [5.41, 5.74) is 10.2. The molecule has 1 saturated heterocycles. The first kappa shape index (κ1) is 17.1. The molecule has 1 aromatic carbocycles. The fraction of sp³-hybridized carbons (Fsp3) is 0.474. The van der Waals surface area contributed by atoms with Crippen LogP contribution in [-0.4, -0.2) is 34.9 Å². The van der Waals surface area contributed by atoms with Crippen LogP contribution in [0, 0.1) is 19.3 Å². The molecule has 24 heavy (non-hydrogen) atoms. The number of benzene rings is 1. The topological polar surface area (TPSA) is 59.2 Å². The molecule has 5 heteroatoms. The number of hydrogen-bond acceptors (Lipinski definition) is 4. The second-order valence-electron chi connectivity index (χ2n) is 7.47. The molecule has 2 N–H and O–H groups in total. The zero-order valence-electron chi connectivity index (χ0n) is 14.8. The molecule has 0 saturated carbocycles. The minimum atomic E-state index is -0.0553. The highest BCUT2D eigenvalue weighted by atomic mass is 32.1. The summed E-state index contributed by atoms with van der Waals surface area (Å²) >= 11 is 1.53. The predicted molar refractivity (Wildman–Crippen MR) is 99.3 cm³/mol. The number of nitrogens with zero attached hydrogens (tertiary/aromatic N) is 2. The zero-order valence-corrected chi connectivity index (χ0v) is 15.6. The van der Waals surface area contributed by atoms with E-state index < -0.39 is 0 Å². The molecule has 0 radical (unpaired) electrons. The second kappa shape index (κ2) is 6.30. The van der Waals surface area contributed by atoms with Gasteiger partial charge in [-0.05, 0) is 31.2 Å². The number of aromatic nitrogens is 1. The molecular formula is C19H25N3OS. The Kier molecular flexibility index (Phi) is 4.49. The van der Waals surface area contributed by atoms with Crippen LogP contribution in [-0.2, 0) is 0 Å². The van der Waals surface area contributed by atoms with E-state index in [4.69, 9.17) is 5.73 Å². The van der Waals surface area contributed by atoms with Crippen molar-refractivity contribution in [2.45, 2.75) is 40.2 Å². The fourth-order valence-electron chi connectivity index (χ4n) is 3.26. The summed E-state index contributed by atoms with van der Waals surface area (Å²) in [5.74, 6) is 0.0160. The van der Waals surface area contributed by atoms with E-state index in [9.17, 15) is 4.79 Å². The summed E-state index contributed by atoms with van der Waals surface area (Å²) in [6.45, 7) is 9.80.